The van der Waals surface area contributed by atoms with Gasteiger partial charge in [-0.05, 0) is 36.1 Å². The van der Waals surface area contributed by atoms with Crippen molar-refractivity contribution in [1.82, 2.24) is 0 Å². The summed E-state index contributed by atoms with van der Waals surface area (Å²) < 4.78 is 27.5. The predicted octanol–water partition coefficient (Wildman–Crippen LogP) is -0.261. The molecule has 0 unspecified atom stereocenters. The van der Waals surface area contributed by atoms with E-state index in [9.17, 15) is 40.2 Å². The number of aromatic hydroxyl groups is 1. The van der Waals surface area contributed by atoms with Gasteiger partial charge in [0.15, 0.2) is 17.6 Å². The molecule has 1 saturated carbocycles. The number of carbonyl (C=O) groups excluding carboxylic acids is 1. The van der Waals surface area contributed by atoms with Crippen molar-refractivity contribution in [2.24, 2.45) is 17.8 Å². The molecule has 1 aliphatic carbocycles. The number of esters is 1. The van der Waals surface area contributed by atoms with Gasteiger partial charge >= 0.3 is 11.9 Å². The monoisotopic (exact) mass is 552 g/mol. The average Bonchev–Trinajstić information content (AvgIpc) is 3.21. The van der Waals surface area contributed by atoms with Gasteiger partial charge < -0.3 is 54.3 Å². The third-order valence-electron chi connectivity index (χ3n) is 7.42. The summed E-state index contributed by atoms with van der Waals surface area (Å²) in [6.07, 6.45) is -6.07. The Hall–Kier alpha value is -3.20. The fraction of sp³-hybridized carbons (Fsp3) is 0.538. The van der Waals surface area contributed by atoms with Crippen LogP contribution in [0.5, 0.6) is 11.5 Å². The molecule has 0 spiro atoms. The van der Waals surface area contributed by atoms with Gasteiger partial charge in [0.05, 0.1) is 31.7 Å². The van der Waals surface area contributed by atoms with Gasteiger partial charge in [0.25, 0.3) is 0 Å². The van der Waals surface area contributed by atoms with Crippen LogP contribution in [0.2, 0.25) is 0 Å². The molecule has 1 aromatic rings. The minimum Gasteiger partial charge on any atom is -0.504 e. The van der Waals surface area contributed by atoms with Crippen LogP contribution in [0.3, 0.4) is 0 Å². The number of carboxylic acid groups (broad SMARTS) is 1. The van der Waals surface area contributed by atoms with Crippen molar-refractivity contribution in [1.29, 1.82) is 0 Å². The molecule has 13 heteroatoms. The largest absolute Gasteiger partial charge is 0.504 e. The summed E-state index contributed by atoms with van der Waals surface area (Å²) in [6, 6.07) is 4.38. The van der Waals surface area contributed by atoms with Crippen LogP contribution in [0.25, 0.3) is 6.08 Å². The van der Waals surface area contributed by atoms with Crippen LogP contribution in [0.15, 0.2) is 36.1 Å². The van der Waals surface area contributed by atoms with Gasteiger partial charge in [0, 0.05) is 17.9 Å². The van der Waals surface area contributed by atoms with Crippen LogP contribution in [0.1, 0.15) is 18.9 Å². The Morgan fingerprint density at radius 2 is 1.90 bits per heavy atom. The zero-order valence-corrected chi connectivity index (χ0v) is 21.2. The first-order valence-electron chi connectivity index (χ1n) is 12.4. The van der Waals surface area contributed by atoms with E-state index >= 15 is 0 Å². The second kappa shape index (κ2) is 11.9. The molecule has 214 valence electrons. The standard InChI is InChI=1S/C26H32O13/c1-11-16(29)8-13-14(24(33)34)10-36-25(20(11)13)39-26-23(22(32)21(31)18(9-27)37-26)38-19(30)6-4-12-3-5-15(28)17(7-12)35-2/h3-7,10-11,13,16,18,20-23,25-29,31-32H,8-9H2,1-2H3,(H,33,34)/t11-,13+,16+,18-,20-,21-,22+,23-,25+,26-/m1/s1. The van der Waals surface area contributed by atoms with Crippen LogP contribution >= 0.6 is 0 Å². The second-order valence-corrected chi connectivity index (χ2v) is 9.74. The van der Waals surface area contributed by atoms with E-state index in [0.29, 0.717) is 5.56 Å². The van der Waals surface area contributed by atoms with Crippen molar-refractivity contribution in [3.63, 3.8) is 0 Å². The molecule has 39 heavy (non-hydrogen) atoms. The molecule has 2 fully saturated rings. The Labute approximate surface area is 223 Å². The van der Waals surface area contributed by atoms with Crippen molar-refractivity contribution in [2.45, 2.75) is 56.4 Å². The SMILES string of the molecule is COc1cc(C=CC(=O)O[C@H]2[C@@H](O[C@@H]3OC=C(C(=O)O)[C@@H]4C[C@H](O)[C@@H](C)[C@@H]34)O[C@H](CO)[C@@H](O)[C@@H]2O)ccc1O. The third-order valence-corrected chi connectivity index (χ3v) is 7.42. The van der Waals surface area contributed by atoms with Crippen LogP contribution in [-0.4, -0.2) is 99.4 Å². The van der Waals surface area contributed by atoms with E-state index in [1.54, 1.807) is 6.92 Å². The second-order valence-electron chi connectivity index (χ2n) is 9.74. The lowest BCUT2D eigenvalue weighted by Crippen LogP contribution is -2.61. The number of fused-ring (bicyclic) bond motifs is 1. The lowest BCUT2D eigenvalue weighted by atomic mass is 9.83. The zero-order chi connectivity index (χ0) is 28.4. The summed E-state index contributed by atoms with van der Waals surface area (Å²) >= 11 is 0. The van der Waals surface area contributed by atoms with Gasteiger partial charge in [-0.1, -0.05) is 13.0 Å². The highest BCUT2D eigenvalue weighted by Crippen LogP contribution is 2.47. The normalized spacial score (nSPS) is 36.1. The number of methoxy groups -OCH3 is 1. The van der Waals surface area contributed by atoms with Gasteiger partial charge in [0.2, 0.25) is 12.6 Å². The summed E-state index contributed by atoms with van der Waals surface area (Å²) in [5.41, 5.74) is 0.474. The number of ether oxygens (including phenoxy) is 5. The number of hydrogen-bond acceptors (Lipinski definition) is 12. The fourth-order valence-electron chi connectivity index (χ4n) is 5.24. The highest BCUT2D eigenvalue weighted by Gasteiger charge is 2.54. The topological polar surface area (TPSA) is 202 Å². The molecule has 0 radical (unpaired) electrons. The molecule has 1 saturated heterocycles. The van der Waals surface area contributed by atoms with Crippen molar-refractivity contribution in [3.8, 4) is 11.5 Å². The number of aliphatic carboxylic acids is 1. The van der Waals surface area contributed by atoms with Gasteiger partial charge in [0.1, 0.15) is 18.3 Å². The Kier molecular flexibility index (Phi) is 8.79. The number of benzene rings is 1. The summed E-state index contributed by atoms with van der Waals surface area (Å²) in [7, 11) is 1.37. The third kappa shape index (κ3) is 5.88. The van der Waals surface area contributed by atoms with Crippen molar-refractivity contribution < 1.29 is 63.9 Å². The van der Waals surface area contributed by atoms with E-state index in [-0.39, 0.29) is 23.5 Å². The van der Waals surface area contributed by atoms with Crippen molar-refractivity contribution in [3.05, 3.63) is 41.7 Å². The maximum absolute atomic E-state index is 12.7. The van der Waals surface area contributed by atoms with Crippen LogP contribution in [0.4, 0.5) is 0 Å². The summed E-state index contributed by atoms with van der Waals surface area (Å²) in [5, 5.41) is 60.4. The van der Waals surface area contributed by atoms with Gasteiger partial charge in [-0.2, -0.15) is 0 Å². The molecular formula is C26H32O13. The Morgan fingerprint density at radius 3 is 2.56 bits per heavy atom. The maximum Gasteiger partial charge on any atom is 0.334 e. The molecule has 10 atom stereocenters. The molecule has 0 bridgehead atoms. The summed E-state index contributed by atoms with van der Waals surface area (Å²) in [5.74, 6) is -3.66. The number of phenols is 1. The van der Waals surface area contributed by atoms with Crippen LogP contribution < -0.4 is 4.74 Å². The Balaban J connectivity index is 1.54. The highest BCUT2D eigenvalue weighted by atomic mass is 16.8. The first-order valence-corrected chi connectivity index (χ1v) is 12.4. The molecule has 13 nitrogen and oxygen atoms in total. The summed E-state index contributed by atoms with van der Waals surface area (Å²) in [4.78, 5) is 24.4. The quantitative estimate of drug-likeness (QED) is 0.182. The van der Waals surface area contributed by atoms with E-state index in [1.807, 2.05) is 0 Å². The fourth-order valence-corrected chi connectivity index (χ4v) is 5.24. The van der Waals surface area contributed by atoms with Crippen molar-refractivity contribution in [2.75, 3.05) is 13.7 Å². The average molecular weight is 553 g/mol. The van der Waals surface area contributed by atoms with E-state index in [0.717, 1.165) is 12.3 Å². The highest BCUT2D eigenvalue weighted by molar-refractivity contribution is 5.87. The van der Waals surface area contributed by atoms with Crippen LogP contribution in [0, 0.1) is 17.8 Å². The predicted molar refractivity (Wildman–Crippen MR) is 130 cm³/mol. The molecule has 1 aromatic carbocycles. The van der Waals surface area contributed by atoms with Gasteiger partial charge in [-0.3, -0.25) is 0 Å². The van der Waals surface area contributed by atoms with Gasteiger partial charge in [-0.25, -0.2) is 9.59 Å². The van der Waals surface area contributed by atoms with E-state index in [1.165, 1.54) is 31.4 Å². The number of rotatable bonds is 8. The van der Waals surface area contributed by atoms with Crippen LogP contribution in [-0.2, 0) is 28.5 Å². The number of aliphatic hydroxyl groups excluding tert-OH is 4. The Bertz CT molecular complexity index is 1120. The minimum atomic E-state index is -1.72. The zero-order valence-electron chi connectivity index (χ0n) is 21.2. The molecule has 6 N–H and O–H groups in total. The van der Waals surface area contributed by atoms with E-state index in [2.05, 4.69) is 0 Å². The first kappa shape index (κ1) is 28.8. The number of hydrogen-bond donors (Lipinski definition) is 6. The van der Waals surface area contributed by atoms with Gasteiger partial charge in [-0.15, -0.1) is 0 Å². The van der Waals surface area contributed by atoms with E-state index < -0.39 is 79.4 Å². The van der Waals surface area contributed by atoms with E-state index in [4.69, 9.17) is 23.7 Å². The number of phenolic OH excluding ortho intramolecular Hbond substituents is 1. The number of aliphatic hydroxyl groups is 4. The molecule has 0 amide bonds. The molecule has 0 aromatic heterocycles. The molecule has 2 aliphatic heterocycles. The smallest absolute Gasteiger partial charge is 0.334 e. The molecule has 2 heterocycles. The van der Waals surface area contributed by atoms with Crippen molar-refractivity contribution >= 4 is 18.0 Å². The number of carbonyl (C=O) groups is 2. The first-order chi connectivity index (χ1) is 18.5. The number of carboxylic acids is 1. The molecule has 3 aliphatic rings. The molecule has 4 rings (SSSR count). The Morgan fingerprint density at radius 1 is 1.15 bits per heavy atom. The summed E-state index contributed by atoms with van der Waals surface area (Å²) in [6.45, 7) is 1.04. The lowest BCUT2D eigenvalue weighted by molar-refractivity contribution is -0.343. The lowest BCUT2D eigenvalue weighted by Gasteiger charge is -2.44. The molecular weight excluding hydrogens is 520 g/mol. The maximum atomic E-state index is 12.7. The minimum absolute atomic E-state index is 0.0181.